The number of hydrogen-bond donors (Lipinski definition) is 2. The number of nitrogens with one attached hydrogen (secondary N) is 1. The number of rotatable bonds is 6. The Morgan fingerprint density at radius 3 is 2.79 bits per heavy atom. The van der Waals surface area contributed by atoms with Crippen molar-refractivity contribution in [2.75, 3.05) is 13.2 Å². The molecule has 1 aromatic carbocycles. The molecule has 6 heteroatoms. The van der Waals surface area contributed by atoms with Gasteiger partial charge >= 0.3 is 0 Å². The molecule has 1 aliphatic rings. The van der Waals surface area contributed by atoms with E-state index in [0.717, 1.165) is 37.1 Å². The van der Waals surface area contributed by atoms with Crippen LogP contribution < -0.4 is 11.1 Å². The molecule has 0 bridgehead atoms. The number of halogens is 1. The van der Waals surface area contributed by atoms with Crippen molar-refractivity contribution in [3.8, 4) is 0 Å². The normalized spacial score (nSPS) is 18.3. The van der Waals surface area contributed by atoms with Gasteiger partial charge in [-0.1, -0.05) is 24.3 Å². The maximum absolute atomic E-state index is 5.91. The summed E-state index contributed by atoms with van der Waals surface area (Å²) in [4.78, 5) is 4.39. The molecule has 0 aromatic heterocycles. The highest BCUT2D eigenvalue weighted by Gasteiger charge is 2.15. The van der Waals surface area contributed by atoms with E-state index in [2.05, 4.69) is 49.3 Å². The number of aliphatic imine (C=N–C) groups is 1. The Bertz CT molecular complexity index is 523. The molecule has 1 heterocycles. The van der Waals surface area contributed by atoms with Gasteiger partial charge in [-0.3, -0.25) is 0 Å². The summed E-state index contributed by atoms with van der Waals surface area (Å²) in [6.45, 7) is 8.92. The zero-order chi connectivity index (χ0) is 16.7. The molecule has 0 saturated carbocycles. The van der Waals surface area contributed by atoms with E-state index in [1.165, 1.54) is 0 Å². The minimum Gasteiger partial charge on any atom is -0.376 e. The maximum Gasteiger partial charge on any atom is 0.189 e. The summed E-state index contributed by atoms with van der Waals surface area (Å²) in [7, 11) is 0. The number of ether oxygens (including phenoxy) is 2. The lowest BCUT2D eigenvalue weighted by atomic mass is 10.1. The second kappa shape index (κ2) is 10.2. The molecule has 0 radical (unpaired) electrons. The Morgan fingerprint density at radius 2 is 2.12 bits per heavy atom. The predicted molar refractivity (Wildman–Crippen MR) is 109 cm³/mol. The zero-order valence-corrected chi connectivity index (χ0v) is 17.2. The molecule has 24 heavy (non-hydrogen) atoms. The Balaban J connectivity index is 0.00000288. The summed E-state index contributed by atoms with van der Waals surface area (Å²) in [5, 5.41) is 3.13. The number of benzene rings is 1. The van der Waals surface area contributed by atoms with Gasteiger partial charge in [0.15, 0.2) is 5.96 Å². The highest BCUT2D eigenvalue weighted by molar-refractivity contribution is 14.0. The predicted octanol–water partition coefficient (Wildman–Crippen LogP) is 3.20. The Hall–Kier alpha value is -0.860. The average molecular weight is 447 g/mol. The average Bonchev–Trinajstić information content (AvgIpc) is 3.02. The molecule has 5 nitrogen and oxygen atoms in total. The molecule has 1 aliphatic heterocycles. The van der Waals surface area contributed by atoms with Crippen LogP contribution in [0.2, 0.25) is 0 Å². The first-order valence-electron chi connectivity index (χ1n) is 8.29. The molecule has 1 aromatic rings. The van der Waals surface area contributed by atoms with Crippen molar-refractivity contribution >= 4 is 29.9 Å². The first-order chi connectivity index (χ1) is 10.9. The summed E-state index contributed by atoms with van der Waals surface area (Å²) >= 11 is 0. The van der Waals surface area contributed by atoms with Crippen LogP contribution in [-0.4, -0.2) is 30.8 Å². The lowest BCUT2D eigenvalue weighted by Gasteiger charge is -2.19. The van der Waals surface area contributed by atoms with Crippen molar-refractivity contribution < 1.29 is 9.47 Å². The molecular weight excluding hydrogens is 417 g/mol. The molecular formula is C18H30IN3O2. The molecule has 1 unspecified atom stereocenters. The quantitative estimate of drug-likeness (QED) is 0.399. The van der Waals surface area contributed by atoms with E-state index in [4.69, 9.17) is 15.2 Å². The van der Waals surface area contributed by atoms with E-state index in [9.17, 15) is 0 Å². The lowest BCUT2D eigenvalue weighted by Crippen LogP contribution is -2.37. The summed E-state index contributed by atoms with van der Waals surface area (Å²) in [6, 6.07) is 8.26. The van der Waals surface area contributed by atoms with Gasteiger partial charge in [-0.15, -0.1) is 24.0 Å². The van der Waals surface area contributed by atoms with Crippen LogP contribution >= 0.6 is 24.0 Å². The maximum atomic E-state index is 5.91. The fraction of sp³-hybridized carbons (Fsp3) is 0.611. The molecule has 1 saturated heterocycles. The van der Waals surface area contributed by atoms with Gasteiger partial charge < -0.3 is 20.5 Å². The van der Waals surface area contributed by atoms with Gasteiger partial charge in [-0.05, 0) is 44.7 Å². The summed E-state index contributed by atoms with van der Waals surface area (Å²) < 4.78 is 11.4. The first-order valence-corrected chi connectivity index (χ1v) is 8.29. The van der Waals surface area contributed by atoms with E-state index >= 15 is 0 Å². The monoisotopic (exact) mass is 447 g/mol. The van der Waals surface area contributed by atoms with Crippen molar-refractivity contribution in [3.63, 3.8) is 0 Å². The molecule has 2 rings (SSSR count). The minimum absolute atomic E-state index is 0. The van der Waals surface area contributed by atoms with Crippen molar-refractivity contribution in [3.05, 3.63) is 35.4 Å². The van der Waals surface area contributed by atoms with Crippen LogP contribution in [0.15, 0.2) is 29.3 Å². The standard InChI is InChI=1S/C18H29N3O2.HI/c1-18(2,3)23-13-15-7-4-6-14(10-15)11-20-17(19)21-12-16-8-5-9-22-16;/h4,6-7,10,16H,5,8-9,11-13H2,1-3H3,(H3,19,20,21);1H. The number of nitrogens with zero attached hydrogens (tertiary/aromatic N) is 1. The lowest BCUT2D eigenvalue weighted by molar-refractivity contribution is -0.0149. The van der Waals surface area contributed by atoms with Crippen LogP contribution in [0.25, 0.3) is 0 Å². The highest BCUT2D eigenvalue weighted by atomic mass is 127. The van der Waals surface area contributed by atoms with E-state index < -0.39 is 0 Å². The molecule has 1 fully saturated rings. The second-order valence-electron chi connectivity index (χ2n) is 6.94. The fourth-order valence-corrected chi connectivity index (χ4v) is 2.37. The zero-order valence-electron chi connectivity index (χ0n) is 14.9. The van der Waals surface area contributed by atoms with Crippen molar-refractivity contribution in [2.45, 2.75) is 58.5 Å². The fourth-order valence-electron chi connectivity index (χ4n) is 2.37. The molecule has 136 valence electrons. The largest absolute Gasteiger partial charge is 0.376 e. The van der Waals surface area contributed by atoms with Crippen LogP contribution in [0, 0.1) is 0 Å². The minimum atomic E-state index is -0.134. The van der Waals surface area contributed by atoms with E-state index in [1.54, 1.807) is 0 Å². The van der Waals surface area contributed by atoms with Gasteiger partial charge in [0, 0.05) is 13.2 Å². The van der Waals surface area contributed by atoms with Crippen LogP contribution in [0.4, 0.5) is 0 Å². The molecule has 0 amide bonds. The van der Waals surface area contributed by atoms with Crippen LogP contribution in [0.5, 0.6) is 0 Å². The third kappa shape index (κ3) is 8.30. The van der Waals surface area contributed by atoms with Gasteiger partial charge in [0.1, 0.15) is 0 Å². The smallest absolute Gasteiger partial charge is 0.189 e. The Morgan fingerprint density at radius 1 is 1.38 bits per heavy atom. The van der Waals surface area contributed by atoms with Gasteiger partial charge in [0.2, 0.25) is 0 Å². The van der Waals surface area contributed by atoms with Gasteiger partial charge in [0.05, 0.1) is 24.9 Å². The molecule has 0 spiro atoms. The highest BCUT2D eigenvalue weighted by Crippen LogP contribution is 2.14. The Labute approximate surface area is 162 Å². The van der Waals surface area contributed by atoms with Crippen LogP contribution in [-0.2, 0) is 22.6 Å². The van der Waals surface area contributed by atoms with Crippen molar-refractivity contribution in [1.29, 1.82) is 0 Å². The third-order valence-corrected chi connectivity index (χ3v) is 3.63. The summed E-state index contributed by atoms with van der Waals surface area (Å²) in [5.41, 5.74) is 8.06. The van der Waals surface area contributed by atoms with Crippen LogP contribution in [0.1, 0.15) is 44.7 Å². The van der Waals surface area contributed by atoms with Gasteiger partial charge in [0.25, 0.3) is 0 Å². The SMILES string of the molecule is CC(C)(C)OCc1cccc(CN=C(N)NCC2CCCO2)c1.I. The second-order valence-corrected chi connectivity index (χ2v) is 6.94. The molecule has 1 atom stereocenters. The Kier molecular flexibility index (Phi) is 9.01. The van der Waals surface area contributed by atoms with Crippen molar-refractivity contribution in [2.24, 2.45) is 10.7 Å². The van der Waals surface area contributed by atoms with E-state index in [1.807, 2.05) is 6.07 Å². The number of hydrogen-bond acceptors (Lipinski definition) is 3. The van der Waals surface area contributed by atoms with E-state index in [-0.39, 0.29) is 35.7 Å². The van der Waals surface area contributed by atoms with Gasteiger partial charge in [-0.25, -0.2) is 4.99 Å². The topological polar surface area (TPSA) is 68.9 Å². The van der Waals surface area contributed by atoms with Crippen LogP contribution in [0.3, 0.4) is 0 Å². The summed E-state index contributed by atoms with van der Waals surface area (Å²) in [6.07, 6.45) is 2.49. The number of guanidine groups is 1. The number of nitrogens with two attached hydrogens (primary N) is 1. The first kappa shape index (κ1) is 21.2. The summed E-state index contributed by atoms with van der Waals surface area (Å²) in [5.74, 6) is 0.469. The van der Waals surface area contributed by atoms with Crippen molar-refractivity contribution in [1.82, 2.24) is 5.32 Å². The van der Waals surface area contributed by atoms with E-state index in [0.29, 0.717) is 19.1 Å². The van der Waals surface area contributed by atoms with Gasteiger partial charge in [-0.2, -0.15) is 0 Å². The third-order valence-electron chi connectivity index (χ3n) is 3.63. The molecule has 3 N–H and O–H groups in total. The molecule has 0 aliphatic carbocycles.